The molecule has 0 N–H and O–H groups in total. The highest BCUT2D eigenvalue weighted by Crippen LogP contribution is 2.13. The van der Waals surface area contributed by atoms with Crippen LogP contribution in [0, 0.1) is 6.07 Å². The second kappa shape index (κ2) is 12.0. The smallest absolute Gasteiger partial charge is 0.0114 e. The van der Waals surface area contributed by atoms with Gasteiger partial charge in [-0.3, -0.25) is 0 Å². The summed E-state index contributed by atoms with van der Waals surface area (Å²) in [5.74, 6) is 0. The standard InChI is InChI=1S/C20H33/c1-3-5-7-9-11-14-19-16-13-17-20(18-19)15-12-10-8-6-4-2/h13,16-17H,3-12,14-15H2,1-2H3. The van der Waals surface area contributed by atoms with Gasteiger partial charge in [-0.05, 0) is 42.9 Å². The molecule has 0 amide bonds. The molecule has 0 fully saturated rings. The summed E-state index contributed by atoms with van der Waals surface area (Å²) in [4.78, 5) is 0. The largest absolute Gasteiger partial charge is 0.0654 e. The van der Waals surface area contributed by atoms with Crippen molar-refractivity contribution in [1.82, 2.24) is 0 Å². The maximum absolute atomic E-state index is 3.63. The second-order valence-electron chi connectivity index (χ2n) is 6.03. The third-order valence-corrected chi connectivity index (χ3v) is 4.02. The van der Waals surface area contributed by atoms with E-state index in [0.29, 0.717) is 0 Å². The first kappa shape index (κ1) is 17.3. The number of hydrogen-bond acceptors (Lipinski definition) is 0. The molecule has 113 valence electrons. The molecule has 0 saturated carbocycles. The van der Waals surface area contributed by atoms with Crippen LogP contribution in [0.1, 0.15) is 89.2 Å². The third-order valence-electron chi connectivity index (χ3n) is 4.02. The molecule has 0 nitrogen and oxygen atoms in total. The van der Waals surface area contributed by atoms with Crippen LogP contribution in [0.25, 0.3) is 0 Å². The molecule has 0 aliphatic carbocycles. The minimum atomic E-state index is 1.22. The zero-order valence-corrected chi connectivity index (χ0v) is 13.7. The predicted octanol–water partition coefficient (Wildman–Crippen LogP) is 6.51. The average molecular weight is 273 g/mol. The molecule has 1 aromatic rings. The van der Waals surface area contributed by atoms with E-state index in [9.17, 15) is 0 Å². The van der Waals surface area contributed by atoms with Crippen LogP contribution in [0.3, 0.4) is 0 Å². The van der Waals surface area contributed by atoms with Crippen LogP contribution in [-0.4, -0.2) is 0 Å². The van der Waals surface area contributed by atoms with Crippen molar-refractivity contribution in [2.45, 2.75) is 90.9 Å². The monoisotopic (exact) mass is 273 g/mol. The van der Waals surface area contributed by atoms with Crippen molar-refractivity contribution in [2.75, 3.05) is 0 Å². The Balaban J connectivity index is 2.19. The first-order valence-electron chi connectivity index (χ1n) is 8.87. The zero-order valence-electron chi connectivity index (χ0n) is 13.7. The van der Waals surface area contributed by atoms with Crippen LogP contribution < -0.4 is 0 Å². The molecule has 0 saturated heterocycles. The zero-order chi connectivity index (χ0) is 14.5. The molecule has 1 rings (SSSR count). The quantitative estimate of drug-likeness (QED) is 0.381. The van der Waals surface area contributed by atoms with Gasteiger partial charge in [0.05, 0.1) is 0 Å². The van der Waals surface area contributed by atoms with E-state index in [1.165, 1.54) is 88.2 Å². The van der Waals surface area contributed by atoms with Gasteiger partial charge in [0.15, 0.2) is 0 Å². The molecule has 0 bridgehead atoms. The lowest BCUT2D eigenvalue weighted by molar-refractivity contribution is 0.628. The molecule has 20 heavy (non-hydrogen) atoms. The van der Waals surface area contributed by atoms with Crippen LogP contribution in [0.2, 0.25) is 0 Å². The van der Waals surface area contributed by atoms with Gasteiger partial charge in [-0.15, -0.1) is 0 Å². The van der Waals surface area contributed by atoms with Crippen LogP contribution >= 0.6 is 0 Å². The Kier molecular flexibility index (Phi) is 10.4. The summed E-state index contributed by atoms with van der Waals surface area (Å²) >= 11 is 0. The molecule has 0 aliphatic heterocycles. The lowest BCUT2D eigenvalue weighted by atomic mass is 10.0. The lowest BCUT2D eigenvalue weighted by Gasteiger charge is -2.05. The minimum Gasteiger partial charge on any atom is -0.0654 e. The molecule has 0 heterocycles. The number of aryl methyl sites for hydroxylation is 2. The van der Waals surface area contributed by atoms with Crippen LogP contribution in [0.15, 0.2) is 18.2 Å². The topological polar surface area (TPSA) is 0 Å². The Bertz CT molecular complexity index is 297. The van der Waals surface area contributed by atoms with Gasteiger partial charge in [-0.25, -0.2) is 0 Å². The van der Waals surface area contributed by atoms with E-state index in [-0.39, 0.29) is 0 Å². The molecule has 0 aliphatic rings. The normalized spacial score (nSPS) is 10.9. The number of rotatable bonds is 12. The Morgan fingerprint density at radius 2 is 1.10 bits per heavy atom. The highest BCUT2D eigenvalue weighted by molar-refractivity contribution is 5.22. The van der Waals surface area contributed by atoms with Crippen molar-refractivity contribution in [3.63, 3.8) is 0 Å². The van der Waals surface area contributed by atoms with Gasteiger partial charge in [0.2, 0.25) is 0 Å². The molecule has 0 atom stereocenters. The molecule has 1 radical (unpaired) electrons. The van der Waals surface area contributed by atoms with Crippen molar-refractivity contribution in [3.8, 4) is 0 Å². The van der Waals surface area contributed by atoms with E-state index in [2.05, 4.69) is 38.1 Å². The lowest BCUT2D eigenvalue weighted by Crippen LogP contribution is -1.91. The molecule has 0 unspecified atom stereocenters. The highest BCUT2D eigenvalue weighted by Gasteiger charge is 1.98. The van der Waals surface area contributed by atoms with Crippen molar-refractivity contribution in [1.29, 1.82) is 0 Å². The summed E-state index contributed by atoms with van der Waals surface area (Å²) in [7, 11) is 0. The molecule has 0 spiro atoms. The maximum atomic E-state index is 3.63. The van der Waals surface area contributed by atoms with Crippen molar-refractivity contribution in [2.24, 2.45) is 0 Å². The van der Waals surface area contributed by atoms with Crippen molar-refractivity contribution < 1.29 is 0 Å². The van der Waals surface area contributed by atoms with E-state index in [1.807, 2.05) is 0 Å². The van der Waals surface area contributed by atoms with E-state index < -0.39 is 0 Å². The van der Waals surface area contributed by atoms with Crippen molar-refractivity contribution >= 4 is 0 Å². The summed E-state index contributed by atoms with van der Waals surface area (Å²) < 4.78 is 0. The van der Waals surface area contributed by atoms with Gasteiger partial charge in [-0.1, -0.05) is 83.4 Å². The summed E-state index contributed by atoms with van der Waals surface area (Å²) in [6.07, 6.45) is 16.1. The van der Waals surface area contributed by atoms with Gasteiger partial charge in [-0.2, -0.15) is 0 Å². The summed E-state index contributed by atoms with van der Waals surface area (Å²) in [6.45, 7) is 4.55. The maximum Gasteiger partial charge on any atom is -0.0114 e. The molecule has 0 aromatic heterocycles. The van der Waals surface area contributed by atoms with Crippen LogP contribution in [0.4, 0.5) is 0 Å². The Labute approximate surface area is 127 Å². The number of hydrogen-bond donors (Lipinski definition) is 0. The highest BCUT2D eigenvalue weighted by atomic mass is 14.0. The molecular weight excluding hydrogens is 240 g/mol. The molecule has 0 heteroatoms. The van der Waals surface area contributed by atoms with Gasteiger partial charge in [0.1, 0.15) is 0 Å². The van der Waals surface area contributed by atoms with E-state index in [1.54, 1.807) is 0 Å². The van der Waals surface area contributed by atoms with E-state index in [4.69, 9.17) is 0 Å². The molecule has 1 aromatic carbocycles. The fourth-order valence-corrected chi connectivity index (χ4v) is 2.70. The Hall–Kier alpha value is -0.780. The summed E-state index contributed by atoms with van der Waals surface area (Å²) in [5.41, 5.74) is 2.85. The van der Waals surface area contributed by atoms with Gasteiger partial charge >= 0.3 is 0 Å². The van der Waals surface area contributed by atoms with Gasteiger partial charge in [0, 0.05) is 0 Å². The third kappa shape index (κ3) is 8.40. The minimum absolute atomic E-state index is 1.22. The summed E-state index contributed by atoms with van der Waals surface area (Å²) in [5, 5.41) is 0. The fraction of sp³-hybridized carbons (Fsp3) is 0.700. The second-order valence-corrected chi connectivity index (χ2v) is 6.03. The molecular formula is C20H33. The SMILES string of the molecule is CCCCCCCc1[c]c(CCCCCCC)ccc1. The van der Waals surface area contributed by atoms with Crippen LogP contribution in [0.5, 0.6) is 0 Å². The van der Waals surface area contributed by atoms with Gasteiger partial charge in [0.25, 0.3) is 0 Å². The Morgan fingerprint density at radius 1 is 0.650 bits per heavy atom. The Morgan fingerprint density at radius 3 is 1.55 bits per heavy atom. The number of benzene rings is 1. The van der Waals surface area contributed by atoms with Gasteiger partial charge < -0.3 is 0 Å². The number of unbranched alkanes of at least 4 members (excludes halogenated alkanes) is 8. The van der Waals surface area contributed by atoms with Crippen molar-refractivity contribution in [3.05, 3.63) is 35.4 Å². The van der Waals surface area contributed by atoms with E-state index in [0.717, 1.165) is 0 Å². The fourth-order valence-electron chi connectivity index (χ4n) is 2.70. The predicted molar refractivity (Wildman–Crippen MR) is 90.2 cm³/mol. The first-order chi connectivity index (χ1) is 9.86. The summed E-state index contributed by atoms with van der Waals surface area (Å²) in [6, 6.07) is 10.3. The first-order valence-corrected chi connectivity index (χ1v) is 8.87. The average Bonchev–Trinajstić information content (AvgIpc) is 2.47. The van der Waals surface area contributed by atoms with Crippen LogP contribution in [-0.2, 0) is 12.8 Å². The van der Waals surface area contributed by atoms with E-state index >= 15 is 0 Å².